The van der Waals surface area contributed by atoms with Crippen LogP contribution in [0, 0.1) is 6.92 Å². The summed E-state index contributed by atoms with van der Waals surface area (Å²) in [6.45, 7) is 5.87. The van der Waals surface area contributed by atoms with E-state index < -0.39 is 9.58 Å². The van der Waals surface area contributed by atoms with Crippen molar-refractivity contribution in [3.8, 4) is 0 Å². The quantitative estimate of drug-likeness (QED) is 0.560. The summed E-state index contributed by atoms with van der Waals surface area (Å²) < 4.78 is -0.238. The topological polar surface area (TPSA) is 22.0 Å². The molecule has 2 nitrogen and oxygen atoms in total. The summed E-state index contributed by atoms with van der Waals surface area (Å²) in [5.41, 5.74) is 1.36. The van der Waals surface area contributed by atoms with Crippen molar-refractivity contribution in [2.75, 3.05) is 0 Å². The SMILES string of the molecule is CC.Cc1cc(C(=O)C(Cl)(Cl)Cl)n(C)c1. The monoisotopic (exact) mass is 269 g/mol. The van der Waals surface area contributed by atoms with Gasteiger partial charge in [-0.2, -0.15) is 0 Å². The number of aryl methyl sites for hydroxylation is 2. The average Bonchev–Trinajstić information content (AvgIpc) is 2.46. The Morgan fingerprint density at radius 1 is 1.33 bits per heavy atom. The molecule has 0 aliphatic carbocycles. The molecule has 15 heavy (non-hydrogen) atoms. The minimum Gasteiger partial charge on any atom is -0.348 e. The van der Waals surface area contributed by atoms with E-state index in [1.165, 1.54) is 0 Å². The van der Waals surface area contributed by atoms with Gasteiger partial charge in [-0.1, -0.05) is 48.7 Å². The number of carbonyl (C=O) groups excluding carboxylic acids is 1. The predicted octanol–water partition coefficient (Wildman–Crippen LogP) is 3.91. The van der Waals surface area contributed by atoms with Gasteiger partial charge in [-0.05, 0) is 18.6 Å². The highest BCUT2D eigenvalue weighted by Gasteiger charge is 2.33. The summed E-state index contributed by atoms with van der Waals surface area (Å²) in [6, 6.07) is 1.68. The van der Waals surface area contributed by atoms with Crippen LogP contribution in [0.15, 0.2) is 12.3 Å². The Morgan fingerprint density at radius 3 is 2.07 bits per heavy atom. The first-order valence-corrected chi connectivity index (χ1v) is 5.70. The van der Waals surface area contributed by atoms with E-state index in [4.69, 9.17) is 34.8 Å². The Labute approximate surface area is 105 Å². The second-order valence-corrected chi connectivity index (χ2v) is 5.12. The first kappa shape index (κ1) is 14.8. The summed E-state index contributed by atoms with van der Waals surface area (Å²) in [6.07, 6.45) is 1.80. The minimum absolute atomic E-state index is 0.400. The van der Waals surface area contributed by atoms with Crippen LogP contribution in [-0.4, -0.2) is 14.1 Å². The van der Waals surface area contributed by atoms with Crippen molar-refractivity contribution in [2.45, 2.75) is 24.6 Å². The molecule has 0 saturated carbocycles. The fraction of sp³-hybridized carbons (Fsp3) is 0.500. The fourth-order valence-corrected chi connectivity index (χ4v) is 1.39. The van der Waals surface area contributed by atoms with Crippen molar-refractivity contribution in [2.24, 2.45) is 7.05 Å². The van der Waals surface area contributed by atoms with Crippen molar-refractivity contribution in [3.05, 3.63) is 23.5 Å². The number of hydrogen-bond donors (Lipinski definition) is 0. The van der Waals surface area contributed by atoms with Gasteiger partial charge in [-0.3, -0.25) is 4.79 Å². The van der Waals surface area contributed by atoms with Gasteiger partial charge in [-0.15, -0.1) is 0 Å². The first-order valence-electron chi connectivity index (χ1n) is 4.57. The minimum atomic E-state index is -1.88. The summed E-state index contributed by atoms with van der Waals surface area (Å²) in [5.74, 6) is -0.506. The van der Waals surface area contributed by atoms with Crippen molar-refractivity contribution in [3.63, 3.8) is 0 Å². The van der Waals surface area contributed by atoms with Crippen LogP contribution in [0.2, 0.25) is 0 Å². The van der Waals surface area contributed by atoms with Crippen LogP contribution in [0.1, 0.15) is 29.9 Å². The Bertz CT molecular complexity index is 339. The normalized spacial score (nSPS) is 10.6. The molecule has 5 heteroatoms. The van der Waals surface area contributed by atoms with Gasteiger partial charge in [0, 0.05) is 13.2 Å². The molecule has 0 aromatic carbocycles. The van der Waals surface area contributed by atoms with Crippen LogP contribution in [0.5, 0.6) is 0 Å². The average molecular weight is 271 g/mol. The molecule has 0 spiro atoms. The highest BCUT2D eigenvalue weighted by molar-refractivity contribution is 6.77. The zero-order valence-corrected chi connectivity index (χ0v) is 11.4. The molecule has 0 atom stereocenters. The Balaban J connectivity index is 0.000000921. The van der Waals surface area contributed by atoms with Crippen LogP contribution >= 0.6 is 34.8 Å². The maximum atomic E-state index is 11.5. The van der Waals surface area contributed by atoms with Crippen molar-refractivity contribution < 1.29 is 4.79 Å². The number of ketones is 1. The first-order chi connectivity index (χ1) is 6.82. The molecule has 0 bridgehead atoms. The molecular formula is C10H14Cl3NO. The Hall–Kier alpha value is -0.180. The smallest absolute Gasteiger partial charge is 0.255 e. The molecular weight excluding hydrogens is 256 g/mol. The molecule has 1 rings (SSSR count). The molecule has 0 fully saturated rings. The van der Waals surface area contributed by atoms with Gasteiger partial charge in [0.2, 0.25) is 5.78 Å². The third-order valence-electron chi connectivity index (χ3n) is 1.63. The summed E-state index contributed by atoms with van der Waals surface area (Å²) in [7, 11) is 1.73. The molecule has 0 amide bonds. The largest absolute Gasteiger partial charge is 0.348 e. The highest BCUT2D eigenvalue weighted by atomic mass is 35.6. The van der Waals surface area contributed by atoms with Gasteiger partial charge >= 0.3 is 0 Å². The van der Waals surface area contributed by atoms with Gasteiger partial charge in [-0.25, -0.2) is 0 Å². The molecule has 1 aromatic rings. The predicted molar refractivity (Wildman–Crippen MR) is 66.1 cm³/mol. The summed E-state index contributed by atoms with van der Waals surface area (Å²) >= 11 is 16.4. The van der Waals surface area contributed by atoms with E-state index in [9.17, 15) is 4.79 Å². The van der Waals surface area contributed by atoms with Gasteiger partial charge < -0.3 is 4.57 Å². The third-order valence-corrected chi connectivity index (χ3v) is 2.15. The third kappa shape index (κ3) is 4.06. The van der Waals surface area contributed by atoms with Gasteiger partial charge in [0.15, 0.2) is 0 Å². The van der Waals surface area contributed by atoms with E-state index in [0.717, 1.165) is 5.56 Å². The lowest BCUT2D eigenvalue weighted by Gasteiger charge is -2.09. The number of aromatic nitrogens is 1. The highest BCUT2D eigenvalue weighted by Crippen LogP contribution is 2.30. The number of nitrogens with zero attached hydrogens (tertiary/aromatic N) is 1. The van der Waals surface area contributed by atoms with Crippen molar-refractivity contribution in [1.29, 1.82) is 0 Å². The number of hydrogen-bond acceptors (Lipinski definition) is 1. The molecule has 0 unspecified atom stereocenters. The molecule has 86 valence electrons. The lowest BCUT2D eigenvalue weighted by Crippen LogP contribution is -2.21. The number of Topliss-reactive ketones (excluding diaryl/α,β-unsaturated/α-hetero) is 1. The molecule has 0 aliphatic heterocycles. The zero-order valence-electron chi connectivity index (χ0n) is 9.14. The van der Waals surface area contributed by atoms with Crippen molar-refractivity contribution in [1.82, 2.24) is 4.57 Å². The molecule has 0 saturated heterocycles. The number of alkyl halides is 3. The second-order valence-electron chi connectivity index (χ2n) is 2.84. The van der Waals surface area contributed by atoms with Gasteiger partial charge in [0.05, 0.1) is 5.69 Å². The molecule has 0 N–H and O–H groups in total. The maximum Gasteiger partial charge on any atom is 0.255 e. The van der Waals surface area contributed by atoms with Crippen LogP contribution in [0.4, 0.5) is 0 Å². The van der Waals surface area contributed by atoms with E-state index >= 15 is 0 Å². The molecule has 1 heterocycles. The van der Waals surface area contributed by atoms with E-state index in [1.54, 1.807) is 23.9 Å². The lowest BCUT2D eigenvalue weighted by molar-refractivity contribution is 0.0988. The van der Waals surface area contributed by atoms with Crippen LogP contribution in [0.3, 0.4) is 0 Å². The summed E-state index contributed by atoms with van der Waals surface area (Å²) in [5, 5.41) is 0. The number of rotatable bonds is 1. The number of halogens is 3. The standard InChI is InChI=1S/C8H8Cl3NO.C2H6/c1-5-3-6(12(2)4-5)7(13)8(9,10)11;1-2/h3-4H,1-2H3;1-2H3. The van der Waals surface area contributed by atoms with Crippen LogP contribution < -0.4 is 0 Å². The van der Waals surface area contributed by atoms with Crippen LogP contribution in [-0.2, 0) is 7.05 Å². The van der Waals surface area contributed by atoms with Gasteiger partial charge in [0.25, 0.3) is 3.79 Å². The van der Waals surface area contributed by atoms with E-state index in [1.807, 2.05) is 20.8 Å². The molecule has 1 aromatic heterocycles. The Morgan fingerprint density at radius 2 is 1.80 bits per heavy atom. The van der Waals surface area contributed by atoms with Crippen molar-refractivity contribution >= 4 is 40.6 Å². The van der Waals surface area contributed by atoms with Crippen LogP contribution in [0.25, 0.3) is 0 Å². The zero-order chi connectivity index (χ0) is 12.2. The maximum absolute atomic E-state index is 11.5. The lowest BCUT2D eigenvalue weighted by atomic mass is 10.3. The van der Waals surface area contributed by atoms with E-state index in [2.05, 4.69) is 0 Å². The Kier molecular flexibility index (Phi) is 5.71. The van der Waals surface area contributed by atoms with E-state index in [-0.39, 0.29) is 0 Å². The molecule has 0 radical (unpaired) electrons. The summed E-state index contributed by atoms with van der Waals surface area (Å²) in [4.78, 5) is 11.5. The number of carbonyl (C=O) groups is 1. The van der Waals surface area contributed by atoms with Gasteiger partial charge in [0.1, 0.15) is 0 Å². The molecule has 0 aliphatic rings. The van der Waals surface area contributed by atoms with E-state index in [0.29, 0.717) is 5.69 Å². The fourth-order valence-electron chi connectivity index (χ4n) is 1.10. The second kappa shape index (κ2) is 5.78.